The van der Waals surface area contributed by atoms with Crippen molar-refractivity contribution in [2.24, 2.45) is 0 Å². The molecule has 1 heteroatoms. The number of benzene rings is 11. The van der Waals surface area contributed by atoms with E-state index in [1.165, 1.54) is 110 Å². The molecule has 0 saturated heterocycles. The van der Waals surface area contributed by atoms with Gasteiger partial charge < -0.3 is 4.90 Å². The highest BCUT2D eigenvalue weighted by atomic mass is 15.1. The van der Waals surface area contributed by atoms with Crippen molar-refractivity contribution < 1.29 is 0 Å². The molecule has 1 aliphatic carbocycles. The summed E-state index contributed by atoms with van der Waals surface area (Å²) in [4.78, 5) is 2.48. The molecule has 0 atom stereocenters. The summed E-state index contributed by atoms with van der Waals surface area (Å²) in [5, 5.41) is 10.1. The van der Waals surface area contributed by atoms with Crippen LogP contribution < -0.4 is 4.90 Å². The number of anilines is 3. The SMILES string of the molecule is Cc1cccc(N(c2ccc3c(c2)c2ccccc2c2c(-c4ccccc4)cc(-c4ccccc4)c(-c4ccccc4)c32)c2ccc3c4c(cccc24)-c2ccccc2-3)c1. The van der Waals surface area contributed by atoms with E-state index in [1.807, 2.05) is 0 Å². The fourth-order valence-corrected chi connectivity index (χ4v) is 10.1. The predicted octanol–water partition coefficient (Wildman–Crippen LogP) is 16.7. The number of rotatable bonds is 6. The Bertz CT molecular complexity index is 3450. The Morgan fingerprint density at radius 1 is 0.283 bits per heavy atom. The summed E-state index contributed by atoms with van der Waals surface area (Å²) in [5.74, 6) is 0. The maximum Gasteiger partial charge on any atom is 0.0540 e. The van der Waals surface area contributed by atoms with Crippen LogP contribution in [0.15, 0.2) is 218 Å². The van der Waals surface area contributed by atoms with Gasteiger partial charge in [0.1, 0.15) is 0 Å². The summed E-state index contributed by atoms with van der Waals surface area (Å²) in [5.41, 5.74) is 17.2. The summed E-state index contributed by atoms with van der Waals surface area (Å²) in [6.07, 6.45) is 0. The summed E-state index contributed by atoms with van der Waals surface area (Å²) in [7, 11) is 0. The molecule has 0 spiro atoms. The zero-order valence-corrected chi connectivity index (χ0v) is 33.2. The van der Waals surface area contributed by atoms with E-state index in [0.29, 0.717) is 0 Å². The van der Waals surface area contributed by atoms with E-state index >= 15 is 0 Å². The minimum atomic E-state index is 1.12. The van der Waals surface area contributed by atoms with Crippen LogP contribution in [-0.4, -0.2) is 0 Å². The molecule has 0 unspecified atom stereocenters. The number of hydrogen-bond acceptors (Lipinski definition) is 1. The van der Waals surface area contributed by atoms with Crippen molar-refractivity contribution in [2.45, 2.75) is 6.92 Å². The molecular weight excluding hydrogens is 723 g/mol. The van der Waals surface area contributed by atoms with Gasteiger partial charge in [-0.05, 0) is 142 Å². The van der Waals surface area contributed by atoms with Gasteiger partial charge in [0.05, 0.1) is 5.69 Å². The van der Waals surface area contributed by atoms with Crippen LogP contribution in [-0.2, 0) is 0 Å². The topological polar surface area (TPSA) is 3.24 Å². The van der Waals surface area contributed by atoms with Crippen LogP contribution in [0, 0.1) is 6.92 Å². The van der Waals surface area contributed by atoms with E-state index in [-0.39, 0.29) is 0 Å². The smallest absolute Gasteiger partial charge is 0.0540 e. The Labute approximate surface area is 350 Å². The third kappa shape index (κ3) is 5.26. The highest BCUT2D eigenvalue weighted by Crippen LogP contribution is 2.53. The minimum absolute atomic E-state index is 1.12. The molecule has 1 nitrogen and oxygen atoms in total. The van der Waals surface area contributed by atoms with Gasteiger partial charge >= 0.3 is 0 Å². The molecule has 0 aromatic heterocycles. The second-order valence-electron chi connectivity index (χ2n) is 16.1. The van der Waals surface area contributed by atoms with Gasteiger partial charge in [0, 0.05) is 16.8 Å². The first-order valence-electron chi connectivity index (χ1n) is 20.8. The van der Waals surface area contributed by atoms with Gasteiger partial charge in [-0.2, -0.15) is 0 Å². The fraction of sp³-hybridized carbons (Fsp3) is 0.0169. The largest absolute Gasteiger partial charge is 0.310 e. The Hall–Kier alpha value is -7.74. The van der Waals surface area contributed by atoms with E-state index in [4.69, 9.17) is 0 Å². The van der Waals surface area contributed by atoms with Gasteiger partial charge in [0.25, 0.3) is 0 Å². The lowest BCUT2D eigenvalue weighted by Gasteiger charge is -2.28. The predicted molar refractivity (Wildman–Crippen MR) is 257 cm³/mol. The summed E-state index contributed by atoms with van der Waals surface area (Å²) in [6.45, 7) is 2.19. The molecule has 11 aromatic carbocycles. The van der Waals surface area contributed by atoms with E-state index in [2.05, 4.69) is 230 Å². The Balaban J connectivity index is 1.21. The van der Waals surface area contributed by atoms with Crippen LogP contribution in [0.3, 0.4) is 0 Å². The molecule has 12 rings (SSSR count). The van der Waals surface area contributed by atoms with Crippen LogP contribution in [0.2, 0.25) is 0 Å². The van der Waals surface area contributed by atoms with Gasteiger partial charge in [0.15, 0.2) is 0 Å². The Kier molecular flexibility index (Phi) is 7.83. The van der Waals surface area contributed by atoms with Gasteiger partial charge in [-0.1, -0.05) is 182 Å². The first-order chi connectivity index (χ1) is 29.7. The maximum absolute atomic E-state index is 2.48. The molecule has 0 bridgehead atoms. The normalized spacial score (nSPS) is 11.8. The van der Waals surface area contributed by atoms with E-state index in [1.54, 1.807) is 0 Å². The third-order valence-electron chi connectivity index (χ3n) is 12.6. The molecule has 0 amide bonds. The Morgan fingerprint density at radius 3 is 1.55 bits per heavy atom. The van der Waals surface area contributed by atoms with Gasteiger partial charge in [0.2, 0.25) is 0 Å². The lowest BCUT2D eigenvalue weighted by molar-refractivity contribution is 1.29. The molecular formula is C59H39N. The van der Waals surface area contributed by atoms with Crippen LogP contribution in [0.5, 0.6) is 0 Å². The number of nitrogens with zero attached hydrogens (tertiary/aromatic N) is 1. The zero-order valence-electron chi connectivity index (χ0n) is 33.2. The second kappa shape index (κ2) is 13.7. The van der Waals surface area contributed by atoms with Crippen molar-refractivity contribution in [1.29, 1.82) is 0 Å². The van der Waals surface area contributed by atoms with Crippen molar-refractivity contribution in [3.05, 3.63) is 224 Å². The van der Waals surface area contributed by atoms with Gasteiger partial charge in [-0.25, -0.2) is 0 Å². The van der Waals surface area contributed by atoms with Crippen molar-refractivity contribution >= 4 is 60.2 Å². The van der Waals surface area contributed by atoms with Crippen molar-refractivity contribution in [2.75, 3.05) is 4.90 Å². The average molecular weight is 762 g/mol. The van der Waals surface area contributed by atoms with E-state index < -0.39 is 0 Å². The number of fused-ring (bicyclic) bond motifs is 9. The minimum Gasteiger partial charge on any atom is -0.310 e. The average Bonchev–Trinajstić information content (AvgIpc) is 3.64. The molecule has 1 aliphatic rings. The van der Waals surface area contributed by atoms with Crippen LogP contribution in [0.25, 0.3) is 98.7 Å². The molecule has 60 heavy (non-hydrogen) atoms. The molecule has 0 aliphatic heterocycles. The maximum atomic E-state index is 2.48. The standard InChI is InChI=1S/C59H39N/c1-38-17-15-24-42(35-38)60(55-34-33-49-45-26-12-11-25-44(45)47-29-16-30-51(55)57(47)49)43-31-32-50-54(36-43)46-27-13-14-28-48(46)58-53(40-20-7-3-8-21-40)37-52(39-18-5-2-6-19-39)56(59(50)58)41-22-9-4-10-23-41/h2-37H,1H3. The lowest BCUT2D eigenvalue weighted by Crippen LogP contribution is -2.11. The summed E-state index contributed by atoms with van der Waals surface area (Å²) in [6, 6.07) is 80.7. The highest BCUT2D eigenvalue weighted by molar-refractivity contribution is 6.33. The quantitative estimate of drug-likeness (QED) is 0.153. The molecule has 0 radical (unpaired) electrons. The number of hydrogen-bond donors (Lipinski definition) is 0. The van der Waals surface area contributed by atoms with Crippen LogP contribution in [0.1, 0.15) is 5.56 Å². The second-order valence-corrected chi connectivity index (χ2v) is 16.1. The monoisotopic (exact) mass is 761 g/mol. The first kappa shape index (κ1) is 34.3. The summed E-state index contributed by atoms with van der Waals surface area (Å²) < 4.78 is 0. The van der Waals surface area contributed by atoms with Crippen molar-refractivity contribution in [3.8, 4) is 55.6 Å². The van der Waals surface area contributed by atoms with E-state index in [0.717, 1.165) is 11.4 Å². The zero-order chi connectivity index (χ0) is 39.7. The molecule has 280 valence electrons. The van der Waals surface area contributed by atoms with Gasteiger partial charge in [-0.3, -0.25) is 0 Å². The van der Waals surface area contributed by atoms with E-state index in [9.17, 15) is 0 Å². The fourth-order valence-electron chi connectivity index (χ4n) is 10.1. The Morgan fingerprint density at radius 2 is 0.833 bits per heavy atom. The molecule has 0 heterocycles. The molecule has 11 aromatic rings. The highest BCUT2D eigenvalue weighted by Gasteiger charge is 2.26. The number of aryl methyl sites for hydroxylation is 1. The van der Waals surface area contributed by atoms with Crippen LogP contribution >= 0.6 is 0 Å². The van der Waals surface area contributed by atoms with Crippen molar-refractivity contribution in [3.63, 3.8) is 0 Å². The van der Waals surface area contributed by atoms with Gasteiger partial charge in [-0.15, -0.1) is 0 Å². The first-order valence-corrected chi connectivity index (χ1v) is 20.8. The molecule has 0 fully saturated rings. The third-order valence-corrected chi connectivity index (χ3v) is 12.6. The lowest BCUT2D eigenvalue weighted by atomic mass is 9.81. The molecule has 0 N–H and O–H groups in total. The van der Waals surface area contributed by atoms with Crippen LogP contribution in [0.4, 0.5) is 17.1 Å². The molecule has 0 saturated carbocycles. The summed E-state index contributed by atoms with van der Waals surface area (Å²) >= 11 is 0. The van der Waals surface area contributed by atoms with Crippen molar-refractivity contribution in [1.82, 2.24) is 0 Å².